The molecule has 100 valence electrons. The topological polar surface area (TPSA) is 56.2 Å². The van der Waals surface area contributed by atoms with E-state index in [1.807, 2.05) is 6.92 Å². The minimum Gasteiger partial charge on any atom is -0.453 e. The number of benzene rings is 1. The van der Waals surface area contributed by atoms with Gasteiger partial charge in [0.05, 0.1) is 0 Å². The van der Waals surface area contributed by atoms with Crippen LogP contribution in [0.2, 0.25) is 0 Å². The Balaban J connectivity index is 2.02. The molecule has 19 heavy (non-hydrogen) atoms. The predicted octanol–water partition coefficient (Wildman–Crippen LogP) is 3.27. The van der Waals surface area contributed by atoms with E-state index in [0.717, 1.165) is 19.3 Å². The second-order valence-electron chi connectivity index (χ2n) is 5.54. The van der Waals surface area contributed by atoms with Gasteiger partial charge in [-0.2, -0.15) is 0 Å². The van der Waals surface area contributed by atoms with E-state index >= 15 is 0 Å². The maximum absolute atomic E-state index is 13.1. The van der Waals surface area contributed by atoms with Crippen LogP contribution in [0.3, 0.4) is 0 Å². The zero-order chi connectivity index (χ0) is 13.6. The van der Waals surface area contributed by atoms with Gasteiger partial charge >= 0.3 is 0 Å². The number of nitrogens with two attached hydrogens (primary N) is 1. The van der Waals surface area contributed by atoms with Gasteiger partial charge in [0, 0.05) is 16.8 Å². The van der Waals surface area contributed by atoms with Gasteiger partial charge in [-0.05, 0) is 37.1 Å². The number of hydrogen-bond donors (Lipinski definition) is 1. The molecule has 0 radical (unpaired) electrons. The predicted molar refractivity (Wildman–Crippen MR) is 70.4 cm³/mol. The van der Waals surface area contributed by atoms with Crippen molar-refractivity contribution in [2.45, 2.75) is 32.2 Å². The van der Waals surface area contributed by atoms with Crippen molar-refractivity contribution in [3.63, 3.8) is 0 Å². The first-order valence-corrected chi connectivity index (χ1v) is 6.50. The molecule has 1 aliphatic rings. The number of halogens is 1. The second-order valence-corrected chi connectivity index (χ2v) is 5.54. The van der Waals surface area contributed by atoms with Crippen LogP contribution in [0.1, 0.15) is 36.7 Å². The summed E-state index contributed by atoms with van der Waals surface area (Å²) in [6, 6.07) is 5.70. The Labute approximate surface area is 110 Å². The first-order valence-electron chi connectivity index (χ1n) is 6.50. The summed E-state index contributed by atoms with van der Waals surface area (Å²) in [6.45, 7) is 1.89. The molecule has 2 aromatic rings. The highest BCUT2D eigenvalue weighted by molar-refractivity contribution is 6.01. The van der Waals surface area contributed by atoms with Gasteiger partial charge in [0.1, 0.15) is 11.4 Å². The third-order valence-electron chi connectivity index (χ3n) is 4.25. The fourth-order valence-corrected chi connectivity index (χ4v) is 2.88. The van der Waals surface area contributed by atoms with E-state index in [4.69, 9.17) is 10.2 Å². The standard InChI is InChI=1S/C15H16FNO2/c1-15(6-2-3-13(15)17)14(18)12-8-9-7-10(16)4-5-11(9)19-12/h4-5,7-8,13H,2-3,6,17H2,1H3. The van der Waals surface area contributed by atoms with E-state index in [2.05, 4.69) is 0 Å². The average molecular weight is 261 g/mol. The fraction of sp³-hybridized carbons (Fsp3) is 0.400. The molecule has 1 heterocycles. The molecule has 2 unspecified atom stereocenters. The maximum atomic E-state index is 13.1. The molecular formula is C15H16FNO2. The smallest absolute Gasteiger partial charge is 0.205 e. The number of hydrogen-bond acceptors (Lipinski definition) is 3. The van der Waals surface area contributed by atoms with Gasteiger partial charge < -0.3 is 10.2 Å². The Morgan fingerprint density at radius 3 is 2.95 bits per heavy atom. The zero-order valence-electron chi connectivity index (χ0n) is 10.8. The first-order chi connectivity index (χ1) is 9.00. The molecule has 0 aliphatic heterocycles. The van der Waals surface area contributed by atoms with Gasteiger partial charge in [0.15, 0.2) is 5.76 Å². The van der Waals surface area contributed by atoms with Gasteiger partial charge in [-0.1, -0.05) is 13.3 Å². The van der Waals surface area contributed by atoms with Crippen molar-refractivity contribution in [2.75, 3.05) is 0 Å². The lowest BCUT2D eigenvalue weighted by atomic mass is 9.80. The molecule has 3 rings (SSSR count). The maximum Gasteiger partial charge on any atom is 0.205 e. The quantitative estimate of drug-likeness (QED) is 0.844. The van der Waals surface area contributed by atoms with Crippen LogP contribution in [-0.2, 0) is 0 Å². The van der Waals surface area contributed by atoms with Crippen molar-refractivity contribution in [3.05, 3.63) is 35.8 Å². The van der Waals surface area contributed by atoms with Crippen molar-refractivity contribution in [1.82, 2.24) is 0 Å². The molecule has 1 aromatic carbocycles. The van der Waals surface area contributed by atoms with E-state index in [-0.39, 0.29) is 23.4 Å². The molecule has 3 nitrogen and oxygen atoms in total. The Bertz CT molecular complexity index is 649. The minimum atomic E-state index is -0.563. The lowest BCUT2D eigenvalue weighted by Gasteiger charge is -2.25. The van der Waals surface area contributed by atoms with Crippen LogP contribution in [0.5, 0.6) is 0 Å². The number of carbonyl (C=O) groups excluding carboxylic acids is 1. The first kappa shape index (κ1) is 12.4. The molecule has 0 amide bonds. The third kappa shape index (κ3) is 1.87. The zero-order valence-corrected chi connectivity index (χ0v) is 10.8. The van der Waals surface area contributed by atoms with E-state index in [1.165, 1.54) is 12.1 Å². The summed E-state index contributed by atoms with van der Waals surface area (Å²) in [5, 5.41) is 0.610. The summed E-state index contributed by atoms with van der Waals surface area (Å²) in [5.41, 5.74) is 6.01. The van der Waals surface area contributed by atoms with Gasteiger partial charge in [0.2, 0.25) is 5.78 Å². The Morgan fingerprint density at radius 2 is 2.26 bits per heavy atom. The summed E-state index contributed by atoms with van der Waals surface area (Å²) in [7, 11) is 0. The third-order valence-corrected chi connectivity index (χ3v) is 4.25. The number of rotatable bonds is 2. The molecule has 4 heteroatoms. The molecule has 1 saturated carbocycles. The highest BCUT2D eigenvalue weighted by Crippen LogP contribution is 2.40. The Hall–Kier alpha value is -1.68. The van der Waals surface area contributed by atoms with Crippen LogP contribution in [0.25, 0.3) is 11.0 Å². The number of fused-ring (bicyclic) bond motifs is 1. The van der Waals surface area contributed by atoms with Crippen molar-refractivity contribution in [1.29, 1.82) is 0 Å². The summed E-state index contributed by atoms with van der Waals surface area (Å²) in [4.78, 5) is 12.6. The summed E-state index contributed by atoms with van der Waals surface area (Å²) >= 11 is 0. The molecule has 0 bridgehead atoms. The second kappa shape index (κ2) is 4.17. The van der Waals surface area contributed by atoms with Crippen molar-refractivity contribution in [3.8, 4) is 0 Å². The largest absolute Gasteiger partial charge is 0.453 e. The van der Waals surface area contributed by atoms with E-state index in [0.29, 0.717) is 11.0 Å². The highest BCUT2D eigenvalue weighted by Gasteiger charge is 2.44. The lowest BCUT2D eigenvalue weighted by Crippen LogP contribution is -2.41. The van der Waals surface area contributed by atoms with Crippen LogP contribution >= 0.6 is 0 Å². The SMILES string of the molecule is CC1(C(=O)c2cc3cc(F)ccc3o2)CCCC1N. The van der Waals surface area contributed by atoms with E-state index in [1.54, 1.807) is 12.1 Å². The van der Waals surface area contributed by atoms with Crippen LogP contribution in [-0.4, -0.2) is 11.8 Å². The monoisotopic (exact) mass is 261 g/mol. The van der Waals surface area contributed by atoms with Gasteiger partial charge in [-0.15, -0.1) is 0 Å². The number of carbonyl (C=O) groups is 1. The van der Waals surface area contributed by atoms with Gasteiger partial charge in [-0.3, -0.25) is 4.79 Å². The van der Waals surface area contributed by atoms with E-state index < -0.39 is 5.41 Å². The van der Waals surface area contributed by atoms with Crippen molar-refractivity contribution >= 4 is 16.8 Å². The van der Waals surface area contributed by atoms with Crippen molar-refractivity contribution < 1.29 is 13.6 Å². The molecule has 1 aliphatic carbocycles. The normalized spacial score (nSPS) is 27.0. The highest BCUT2D eigenvalue weighted by atomic mass is 19.1. The Kier molecular flexibility index (Phi) is 2.71. The summed E-state index contributed by atoms with van der Waals surface area (Å²) < 4.78 is 18.7. The molecule has 1 aromatic heterocycles. The molecule has 0 spiro atoms. The van der Waals surface area contributed by atoms with Crippen LogP contribution in [0.4, 0.5) is 4.39 Å². The average Bonchev–Trinajstić information content (AvgIpc) is 2.93. The molecular weight excluding hydrogens is 245 g/mol. The van der Waals surface area contributed by atoms with Gasteiger partial charge in [-0.25, -0.2) is 4.39 Å². The van der Waals surface area contributed by atoms with Crippen LogP contribution in [0.15, 0.2) is 28.7 Å². The minimum absolute atomic E-state index is 0.0749. The number of ketones is 1. The molecule has 2 N–H and O–H groups in total. The molecule has 1 fully saturated rings. The molecule has 0 saturated heterocycles. The Morgan fingerprint density at radius 1 is 1.47 bits per heavy atom. The van der Waals surface area contributed by atoms with Gasteiger partial charge in [0.25, 0.3) is 0 Å². The fourth-order valence-electron chi connectivity index (χ4n) is 2.88. The van der Waals surface area contributed by atoms with E-state index in [9.17, 15) is 9.18 Å². The summed E-state index contributed by atoms with van der Waals surface area (Å²) in [6.07, 6.45) is 2.59. The number of furan rings is 1. The summed E-state index contributed by atoms with van der Waals surface area (Å²) in [5.74, 6) is -0.134. The lowest BCUT2D eigenvalue weighted by molar-refractivity contribution is 0.0774. The molecule has 2 atom stereocenters. The van der Waals surface area contributed by atoms with Crippen LogP contribution < -0.4 is 5.73 Å². The number of Topliss-reactive ketones (excluding diaryl/α,β-unsaturated/α-hetero) is 1. The van der Waals surface area contributed by atoms with Crippen molar-refractivity contribution in [2.24, 2.45) is 11.1 Å². The van der Waals surface area contributed by atoms with Crippen LogP contribution in [0, 0.1) is 11.2 Å².